The molecule has 0 aliphatic carbocycles. The molecule has 0 bridgehead atoms. The predicted octanol–water partition coefficient (Wildman–Crippen LogP) is 7.32. The van der Waals surface area contributed by atoms with Crippen LogP contribution in [0.1, 0.15) is 44.6 Å². The minimum Gasteiger partial charge on any atom is -0.330 e. The van der Waals surface area contributed by atoms with Crippen molar-refractivity contribution in [1.29, 1.82) is 0 Å². The Bertz CT molecular complexity index is 1110. The van der Waals surface area contributed by atoms with Gasteiger partial charge >= 0.3 is 0 Å². The lowest BCUT2D eigenvalue weighted by molar-refractivity contribution is 0.649. The van der Waals surface area contributed by atoms with E-state index in [2.05, 4.69) is 76.9 Å². The molecule has 0 aliphatic heterocycles. The largest absolute Gasteiger partial charge is 0.330 e. The van der Waals surface area contributed by atoms with Gasteiger partial charge in [0.05, 0.1) is 17.4 Å². The molecule has 4 aromatic rings. The van der Waals surface area contributed by atoms with Crippen molar-refractivity contribution in [3.8, 4) is 0 Å². The lowest BCUT2D eigenvalue weighted by atomic mass is 9.94. The molecule has 2 aromatic heterocycles. The normalized spacial score (nSPS) is 12.7. The first-order chi connectivity index (χ1) is 14.2. The van der Waals surface area contributed by atoms with E-state index in [9.17, 15) is 0 Å². The fraction of sp³-hybridized carbons (Fsp3) is 0.333. The van der Waals surface area contributed by atoms with Gasteiger partial charge in [0.2, 0.25) is 0 Å². The van der Waals surface area contributed by atoms with E-state index in [1.165, 1.54) is 15.8 Å². The van der Waals surface area contributed by atoms with Crippen LogP contribution >= 0.6 is 23.4 Å². The van der Waals surface area contributed by atoms with Crippen LogP contribution in [0.2, 0.25) is 5.15 Å². The van der Waals surface area contributed by atoms with Gasteiger partial charge in [-0.05, 0) is 54.7 Å². The molecule has 5 heteroatoms. The summed E-state index contributed by atoms with van der Waals surface area (Å²) in [5, 5.41) is 1.70. The number of nitrogens with zero attached hydrogens (tertiary/aromatic N) is 3. The number of unbranched alkanes of at least 4 members (excludes halogenated alkanes) is 1. The maximum absolute atomic E-state index is 6.48. The topological polar surface area (TPSA) is 30.7 Å². The molecule has 0 amide bonds. The summed E-state index contributed by atoms with van der Waals surface area (Å²) >= 11 is 8.40. The Morgan fingerprint density at radius 3 is 2.69 bits per heavy atom. The number of aryl methyl sites for hydroxylation is 1. The van der Waals surface area contributed by atoms with Gasteiger partial charge in [-0.2, -0.15) is 0 Å². The molecule has 150 valence electrons. The molecule has 3 nitrogen and oxygen atoms in total. The van der Waals surface area contributed by atoms with Gasteiger partial charge in [0.15, 0.2) is 5.15 Å². The molecule has 4 rings (SSSR count). The Morgan fingerprint density at radius 1 is 1.07 bits per heavy atom. The zero-order valence-electron chi connectivity index (χ0n) is 16.9. The number of fused-ring (bicyclic) bond motifs is 3. The molecule has 1 atom stereocenters. The van der Waals surface area contributed by atoms with E-state index in [1.54, 1.807) is 0 Å². The zero-order valence-corrected chi connectivity index (χ0v) is 18.5. The molecule has 0 N–H and O–H groups in total. The number of halogens is 1. The van der Waals surface area contributed by atoms with Crippen molar-refractivity contribution in [2.45, 2.75) is 50.5 Å². The van der Waals surface area contributed by atoms with Gasteiger partial charge in [-0.15, -0.1) is 11.8 Å². The van der Waals surface area contributed by atoms with Crippen LogP contribution < -0.4 is 0 Å². The molecule has 0 fully saturated rings. The molecule has 0 saturated carbocycles. The third-order valence-electron chi connectivity index (χ3n) is 5.51. The Balaban J connectivity index is 1.58. The molecule has 0 spiro atoms. The average molecular weight is 424 g/mol. The summed E-state index contributed by atoms with van der Waals surface area (Å²) in [6.45, 7) is 5.44. The molecule has 2 heterocycles. The lowest BCUT2D eigenvalue weighted by Crippen LogP contribution is -2.01. The van der Waals surface area contributed by atoms with Crippen LogP contribution in [0.4, 0.5) is 0 Å². The standard InChI is InChI=1S/C24H26ClN3S/c1-3-17(2)19-12-9-13-20-21(19)23-22(24(25)27-20)26-16-28(23)14-7-8-15-29-18-10-5-4-6-11-18/h4-6,9-13,16-17H,3,7-8,14-15H2,1-2H3. The second-order valence-corrected chi connectivity index (χ2v) is 8.98. The van der Waals surface area contributed by atoms with Crippen LogP contribution in [-0.4, -0.2) is 20.3 Å². The third kappa shape index (κ3) is 4.29. The van der Waals surface area contributed by atoms with E-state index in [1.807, 2.05) is 18.1 Å². The number of thioether (sulfide) groups is 1. The Morgan fingerprint density at radius 2 is 1.90 bits per heavy atom. The van der Waals surface area contributed by atoms with Crippen molar-refractivity contribution in [3.05, 3.63) is 65.6 Å². The van der Waals surface area contributed by atoms with Crippen LogP contribution in [0, 0.1) is 0 Å². The highest BCUT2D eigenvalue weighted by atomic mass is 35.5. The maximum Gasteiger partial charge on any atom is 0.157 e. The summed E-state index contributed by atoms with van der Waals surface area (Å²) < 4.78 is 2.27. The number of benzene rings is 2. The van der Waals surface area contributed by atoms with Crippen LogP contribution in [-0.2, 0) is 6.54 Å². The minimum atomic E-state index is 0.468. The first-order valence-corrected chi connectivity index (χ1v) is 11.7. The SMILES string of the molecule is CCC(C)c1cccc2nc(Cl)c3ncn(CCCCSc4ccccc4)c3c12. The van der Waals surface area contributed by atoms with Crippen molar-refractivity contribution in [1.82, 2.24) is 14.5 Å². The van der Waals surface area contributed by atoms with E-state index in [0.717, 1.165) is 48.1 Å². The van der Waals surface area contributed by atoms with E-state index < -0.39 is 0 Å². The average Bonchev–Trinajstić information content (AvgIpc) is 3.18. The number of rotatable bonds is 8. The smallest absolute Gasteiger partial charge is 0.157 e. The molecule has 0 saturated heterocycles. The number of hydrogen-bond acceptors (Lipinski definition) is 3. The van der Waals surface area contributed by atoms with Gasteiger partial charge in [-0.25, -0.2) is 9.97 Å². The molecule has 29 heavy (non-hydrogen) atoms. The van der Waals surface area contributed by atoms with Gasteiger partial charge in [0, 0.05) is 16.8 Å². The zero-order chi connectivity index (χ0) is 20.2. The Hall–Kier alpha value is -2.04. The van der Waals surface area contributed by atoms with Crippen molar-refractivity contribution in [3.63, 3.8) is 0 Å². The number of imidazole rings is 1. The Labute approximate surface area is 181 Å². The summed E-state index contributed by atoms with van der Waals surface area (Å²) in [6, 6.07) is 17.0. The van der Waals surface area contributed by atoms with E-state index >= 15 is 0 Å². The molecular formula is C24H26ClN3S. The van der Waals surface area contributed by atoms with Gasteiger partial charge in [0.1, 0.15) is 5.52 Å². The number of pyridine rings is 1. The van der Waals surface area contributed by atoms with Crippen LogP contribution in [0.25, 0.3) is 21.9 Å². The first kappa shape index (κ1) is 20.2. The second kappa shape index (κ2) is 9.19. The Kier molecular flexibility index (Phi) is 6.41. The van der Waals surface area contributed by atoms with Gasteiger partial charge in [0.25, 0.3) is 0 Å². The van der Waals surface area contributed by atoms with E-state index in [4.69, 9.17) is 11.6 Å². The quantitative estimate of drug-likeness (QED) is 0.169. The molecule has 2 aromatic carbocycles. The summed E-state index contributed by atoms with van der Waals surface area (Å²) in [5.41, 5.74) is 4.24. The second-order valence-electron chi connectivity index (χ2n) is 7.46. The number of aromatic nitrogens is 3. The van der Waals surface area contributed by atoms with Crippen molar-refractivity contribution < 1.29 is 0 Å². The molecule has 0 radical (unpaired) electrons. The highest BCUT2D eigenvalue weighted by Crippen LogP contribution is 2.35. The van der Waals surface area contributed by atoms with E-state index in [0.29, 0.717) is 11.1 Å². The predicted molar refractivity (Wildman–Crippen MR) is 125 cm³/mol. The van der Waals surface area contributed by atoms with Gasteiger partial charge in [-0.1, -0.05) is 55.8 Å². The van der Waals surface area contributed by atoms with Crippen LogP contribution in [0.5, 0.6) is 0 Å². The van der Waals surface area contributed by atoms with Crippen LogP contribution in [0.15, 0.2) is 59.8 Å². The van der Waals surface area contributed by atoms with Crippen molar-refractivity contribution in [2.75, 3.05) is 5.75 Å². The third-order valence-corrected chi connectivity index (χ3v) is 6.87. The number of hydrogen-bond donors (Lipinski definition) is 0. The van der Waals surface area contributed by atoms with E-state index in [-0.39, 0.29) is 0 Å². The fourth-order valence-corrected chi connectivity index (χ4v) is 4.92. The van der Waals surface area contributed by atoms with Gasteiger partial charge < -0.3 is 4.57 Å². The summed E-state index contributed by atoms with van der Waals surface area (Å²) in [4.78, 5) is 10.6. The first-order valence-electron chi connectivity index (χ1n) is 10.3. The summed E-state index contributed by atoms with van der Waals surface area (Å²) in [5.74, 6) is 1.59. The molecule has 1 unspecified atom stereocenters. The highest BCUT2D eigenvalue weighted by Gasteiger charge is 2.17. The maximum atomic E-state index is 6.48. The lowest BCUT2D eigenvalue weighted by Gasteiger charge is -2.15. The van der Waals surface area contributed by atoms with Gasteiger partial charge in [-0.3, -0.25) is 0 Å². The monoisotopic (exact) mass is 423 g/mol. The fourth-order valence-electron chi connectivity index (χ4n) is 3.75. The highest BCUT2D eigenvalue weighted by molar-refractivity contribution is 7.99. The summed E-state index contributed by atoms with van der Waals surface area (Å²) in [7, 11) is 0. The molecule has 0 aliphatic rings. The molecular weight excluding hydrogens is 398 g/mol. The van der Waals surface area contributed by atoms with Crippen molar-refractivity contribution in [2.24, 2.45) is 0 Å². The van der Waals surface area contributed by atoms with Crippen LogP contribution in [0.3, 0.4) is 0 Å². The summed E-state index contributed by atoms with van der Waals surface area (Å²) in [6.07, 6.45) is 5.29. The van der Waals surface area contributed by atoms with Crippen molar-refractivity contribution >= 4 is 45.3 Å². The minimum absolute atomic E-state index is 0.468.